The van der Waals surface area contributed by atoms with Crippen molar-refractivity contribution in [1.82, 2.24) is 5.32 Å². The summed E-state index contributed by atoms with van der Waals surface area (Å²) >= 11 is 0. The van der Waals surface area contributed by atoms with Gasteiger partial charge in [0.25, 0.3) is 0 Å². The molecule has 3 rings (SSSR count). The topological polar surface area (TPSA) is 12.0 Å². The van der Waals surface area contributed by atoms with Crippen LogP contribution in [0.1, 0.15) is 45.1 Å². The number of benzene rings is 2. The maximum absolute atomic E-state index is 3.82. The van der Waals surface area contributed by atoms with E-state index >= 15 is 0 Å². The Bertz CT molecular complexity index is 580. The largest absolute Gasteiger partial charge is 0.309 e. The molecule has 20 heavy (non-hydrogen) atoms. The number of hydrogen-bond donors (Lipinski definition) is 1. The molecule has 1 heteroatoms. The molecule has 0 radical (unpaired) electrons. The van der Waals surface area contributed by atoms with Gasteiger partial charge in [0.2, 0.25) is 0 Å². The van der Waals surface area contributed by atoms with Crippen molar-refractivity contribution in [3.63, 3.8) is 0 Å². The predicted octanol–water partition coefficient (Wildman–Crippen LogP) is 4.90. The van der Waals surface area contributed by atoms with Gasteiger partial charge in [-0.2, -0.15) is 0 Å². The molecule has 1 N–H and O–H groups in total. The number of rotatable bonds is 3. The lowest BCUT2D eigenvalue weighted by atomic mass is 9.73. The molecular formula is C19H25N. The summed E-state index contributed by atoms with van der Waals surface area (Å²) in [6, 6.07) is 16.0. The molecule has 1 nitrogen and oxygen atoms in total. The van der Waals surface area contributed by atoms with Crippen molar-refractivity contribution in [3.8, 4) is 0 Å². The van der Waals surface area contributed by atoms with Crippen LogP contribution in [-0.4, -0.2) is 6.04 Å². The number of fused-ring (bicyclic) bond motifs is 1. The van der Waals surface area contributed by atoms with Crippen LogP contribution < -0.4 is 5.32 Å². The number of hydrogen-bond acceptors (Lipinski definition) is 1. The monoisotopic (exact) mass is 267 g/mol. The van der Waals surface area contributed by atoms with Crippen LogP contribution in [-0.2, 0) is 6.54 Å². The SMILES string of the molecule is CC1(C)CCCCC1NCc1cccc2ccccc12. The Morgan fingerprint density at radius 1 is 1.05 bits per heavy atom. The first-order chi connectivity index (χ1) is 9.67. The molecule has 0 heterocycles. The minimum Gasteiger partial charge on any atom is -0.309 e. The summed E-state index contributed by atoms with van der Waals surface area (Å²) in [5, 5.41) is 6.55. The summed E-state index contributed by atoms with van der Waals surface area (Å²) in [7, 11) is 0. The average molecular weight is 267 g/mol. The summed E-state index contributed by atoms with van der Waals surface area (Å²) < 4.78 is 0. The van der Waals surface area contributed by atoms with Gasteiger partial charge in [0.1, 0.15) is 0 Å². The van der Waals surface area contributed by atoms with Gasteiger partial charge in [0.15, 0.2) is 0 Å². The Morgan fingerprint density at radius 2 is 1.85 bits per heavy atom. The molecule has 0 aromatic heterocycles. The molecule has 2 aromatic carbocycles. The number of nitrogens with one attached hydrogen (secondary N) is 1. The Hall–Kier alpha value is -1.34. The van der Waals surface area contributed by atoms with Gasteiger partial charge in [-0.1, -0.05) is 69.2 Å². The minimum absolute atomic E-state index is 0.433. The van der Waals surface area contributed by atoms with E-state index in [9.17, 15) is 0 Å². The fraction of sp³-hybridized carbons (Fsp3) is 0.474. The maximum atomic E-state index is 3.82. The van der Waals surface area contributed by atoms with Gasteiger partial charge in [-0.05, 0) is 34.6 Å². The van der Waals surface area contributed by atoms with Gasteiger partial charge in [0.05, 0.1) is 0 Å². The van der Waals surface area contributed by atoms with Crippen molar-refractivity contribution in [3.05, 3.63) is 48.0 Å². The van der Waals surface area contributed by atoms with Gasteiger partial charge >= 0.3 is 0 Å². The van der Waals surface area contributed by atoms with Crippen molar-refractivity contribution >= 4 is 10.8 Å². The highest BCUT2D eigenvalue weighted by molar-refractivity contribution is 5.85. The molecular weight excluding hydrogens is 242 g/mol. The second kappa shape index (κ2) is 5.57. The average Bonchev–Trinajstić information content (AvgIpc) is 2.46. The molecule has 106 valence electrons. The van der Waals surface area contributed by atoms with Crippen molar-refractivity contribution in [2.45, 2.75) is 52.1 Å². The Labute approximate surface area is 122 Å². The molecule has 0 amide bonds. The third-order valence-corrected chi connectivity index (χ3v) is 4.93. The third-order valence-electron chi connectivity index (χ3n) is 4.93. The first-order valence-corrected chi connectivity index (χ1v) is 7.87. The highest BCUT2D eigenvalue weighted by Crippen LogP contribution is 2.35. The zero-order chi connectivity index (χ0) is 14.0. The summed E-state index contributed by atoms with van der Waals surface area (Å²) in [4.78, 5) is 0. The smallest absolute Gasteiger partial charge is 0.0214 e. The van der Waals surface area contributed by atoms with E-state index < -0.39 is 0 Å². The summed E-state index contributed by atoms with van der Waals surface area (Å²) in [5.41, 5.74) is 1.85. The van der Waals surface area contributed by atoms with Gasteiger partial charge in [-0.15, -0.1) is 0 Å². The van der Waals surface area contributed by atoms with Gasteiger partial charge < -0.3 is 5.32 Å². The predicted molar refractivity (Wildman–Crippen MR) is 86.8 cm³/mol. The van der Waals surface area contributed by atoms with Gasteiger partial charge in [-0.25, -0.2) is 0 Å². The van der Waals surface area contributed by atoms with Gasteiger partial charge in [0, 0.05) is 12.6 Å². The Kier molecular flexibility index (Phi) is 3.80. The van der Waals surface area contributed by atoms with E-state index in [-0.39, 0.29) is 0 Å². The first-order valence-electron chi connectivity index (χ1n) is 7.87. The van der Waals surface area contributed by atoms with E-state index in [0.717, 1.165) is 6.54 Å². The van der Waals surface area contributed by atoms with Crippen LogP contribution in [0.4, 0.5) is 0 Å². The standard InChI is InChI=1S/C19H25N/c1-19(2)13-6-5-12-18(19)20-14-16-10-7-9-15-8-3-4-11-17(15)16/h3-4,7-11,18,20H,5-6,12-14H2,1-2H3. The van der Waals surface area contributed by atoms with Crippen LogP contribution in [0, 0.1) is 5.41 Å². The van der Waals surface area contributed by atoms with Crippen LogP contribution in [0.25, 0.3) is 10.8 Å². The van der Waals surface area contributed by atoms with Crippen LogP contribution >= 0.6 is 0 Å². The normalized spacial score (nSPS) is 22.0. The summed E-state index contributed by atoms with van der Waals surface area (Å²) in [6.07, 6.45) is 5.42. The zero-order valence-corrected chi connectivity index (χ0v) is 12.7. The third kappa shape index (κ3) is 2.73. The molecule has 0 bridgehead atoms. The molecule has 1 unspecified atom stereocenters. The van der Waals surface area contributed by atoms with Crippen LogP contribution in [0.15, 0.2) is 42.5 Å². The van der Waals surface area contributed by atoms with E-state index in [2.05, 4.69) is 61.6 Å². The van der Waals surface area contributed by atoms with Crippen LogP contribution in [0.5, 0.6) is 0 Å². The first kappa shape index (κ1) is 13.6. The quantitative estimate of drug-likeness (QED) is 0.834. The van der Waals surface area contributed by atoms with E-state index in [1.54, 1.807) is 0 Å². The van der Waals surface area contributed by atoms with Crippen LogP contribution in [0.2, 0.25) is 0 Å². The Balaban J connectivity index is 1.77. The molecule has 1 fully saturated rings. The van der Waals surface area contributed by atoms with Crippen molar-refractivity contribution < 1.29 is 0 Å². The fourth-order valence-corrected chi connectivity index (χ4v) is 3.55. The highest BCUT2D eigenvalue weighted by Gasteiger charge is 2.31. The molecule has 0 spiro atoms. The lowest BCUT2D eigenvalue weighted by Gasteiger charge is -2.39. The minimum atomic E-state index is 0.433. The molecule has 0 aliphatic heterocycles. The van der Waals surface area contributed by atoms with E-state index in [4.69, 9.17) is 0 Å². The molecule has 1 atom stereocenters. The lowest BCUT2D eigenvalue weighted by molar-refractivity contribution is 0.167. The van der Waals surface area contributed by atoms with Crippen molar-refractivity contribution in [2.24, 2.45) is 5.41 Å². The molecule has 2 aromatic rings. The van der Waals surface area contributed by atoms with Crippen LogP contribution in [0.3, 0.4) is 0 Å². The van der Waals surface area contributed by atoms with E-state index in [0.29, 0.717) is 11.5 Å². The maximum Gasteiger partial charge on any atom is 0.0214 e. The fourth-order valence-electron chi connectivity index (χ4n) is 3.55. The van der Waals surface area contributed by atoms with E-state index in [1.165, 1.54) is 42.0 Å². The summed E-state index contributed by atoms with van der Waals surface area (Å²) in [5.74, 6) is 0. The Morgan fingerprint density at radius 3 is 2.70 bits per heavy atom. The highest BCUT2D eigenvalue weighted by atomic mass is 14.9. The molecule has 1 aliphatic carbocycles. The van der Waals surface area contributed by atoms with Gasteiger partial charge in [-0.3, -0.25) is 0 Å². The zero-order valence-electron chi connectivity index (χ0n) is 12.7. The second-order valence-electron chi connectivity index (χ2n) is 6.81. The molecule has 1 saturated carbocycles. The second-order valence-corrected chi connectivity index (χ2v) is 6.81. The lowest BCUT2D eigenvalue weighted by Crippen LogP contribution is -2.43. The molecule has 1 aliphatic rings. The van der Waals surface area contributed by atoms with E-state index in [1.807, 2.05) is 0 Å². The van der Waals surface area contributed by atoms with Crippen molar-refractivity contribution in [2.75, 3.05) is 0 Å². The summed E-state index contributed by atoms with van der Waals surface area (Å²) in [6.45, 7) is 5.80. The van der Waals surface area contributed by atoms with Crippen molar-refractivity contribution in [1.29, 1.82) is 0 Å². The molecule has 0 saturated heterocycles.